The monoisotopic (exact) mass is 254 g/mol. The third-order valence-electron chi connectivity index (χ3n) is 1.45. The van der Waals surface area contributed by atoms with Crippen molar-refractivity contribution in [3.63, 3.8) is 0 Å². The number of hydrogen-bond donors (Lipinski definition) is 1. The largest absolute Gasteiger partial charge is 0.440 e. The average molecular weight is 254 g/mol. The number of aryl methyl sites for hydroxylation is 1. The van der Waals surface area contributed by atoms with Gasteiger partial charge >= 0.3 is 12.3 Å². The number of alkyl carbamates (subject to hydrolysis) is 1. The molecule has 1 rings (SSSR count). The highest BCUT2D eigenvalue weighted by atomic mass is 32.1. The van der Waals surface area contributed by atoms with Crippen LogP contribution in [0.15, 0.2) is 5.38 Å². The highest BCUT2D eigenvalue weighted by Gasteiger charge is 2.29. The van der Waals surface area contributed by atoms with E-state index < -0.39 is 18.9 Å². The molecule has 1 aromatic rings. The lowest BCUT2D eigenvalue weighted by Crippen LogP contribution is -2.28. The molecule has 0 bridgehead atoms. The predicted octanol–water partition coefficient (Wildman–Crippen LogP) is 2.24. The Hall–Kier alpha value is -1.31. The number of amides is 1. The van der Waals surface area contributed by atoms with Crippen molar-refractivity contribution in [2.75, 3.05) is 6.61 Å². The molecule has 1 aromatic heterocycles. The van der Waals surface area contributed by atoms with Crippen LogP contribution in [0.1, 0.15) is 10.7 Å². The van der Waals surface area contributed by atoms with E-state index in [4.69, 9.17) is 0 Å². The maximum absolute atomic E-state index is 11.7. The minimum absolute atomic E-state index is 0.0566. The first-order chi connectivity index (χ1) is 7.37. The molecule has 1 heterocycles. The van der Waals surface area contributed by atoms with Gasteiger partial charge in [0, 0.05) is 5.38 Å². The lowest BCUT2D eigenvalue weighted by Gasteiger charge is -2.08. The summed E-state index contributed by atoms with van der Waals surface area (Å²) in [6, 6.07) is 0. The minimum Gasteiger partial charge on any atom is -0.440 e. The maximum atomic E-state index is 11.7. The highest BCUT2D eigenvalue weighted by molar-refractivity contribution is 7.09. The molecular formula is C8H9F3N2O2S. The fourth-order valence-corrected chi connectivity index (χ4v) is 1.46. The molecule has 0 spiro atoms. The van der Waals surface area contributed by atoms with Gasteiger partial charge in [-0.15, -0.1) is 11.3 Å². The Morgan fingerprint density at radius 2 is 2.31 bits per heavy atom. The Morgan fingerprint density at radius 3 is 2.81 bits per heavy atom. The van der Waals surface area contributed by atoms with Gasteiger partial charge < -0.3 is 10.1 Å². The summed E-state index contributed by atoms with van der Waals surface area (Å²) in [4.78, 5) is 14.8. The number of nitrogens with one attached hydrogen (secondary N) is 1. The van der Waals surface area contributed by atoms with Crippen molar-refractivity contribution in [1.29, 1.82) is 0 Å². The van der Waals surface area contributed by atoms with Crippen molar-refractivity contribution in [3.8, 4) is 0 Å². The third kappa shape index (κ3) is 4.96. The van der Waals surface area contributed by atoms with Gasteiger partial charge in [-0.1, -0.05) is 0 Å². The lowest BCUT2D eigenvalue weighted by molar-refractivity contribution is -0.160. The zero-order chi connectivity index (χ0) is 12.2. The SMILES string of the molecule is Cc1nc(CNC(=O)OCC(F)(F)F)cs1. The van der Waals surface area contributed by atoms with Gasteiger partial charge in [0.25, 0.3) is 0 Å². The standard InChI is InChI=1S/C8H9F3N2O2S/c1-5-13-6(3-16-5)2-12-7(14)15-4-8(9,10)11/h3H,2,4H2,1H3,(H,12,14). The third-order valence-corrected chi connectivity index (χ3v) is 2.27. The smallest absolute Gasteiger partial charge is 0.422 e. The van der Waals surface area contributed by atoms with E-state index in [9.17, 15) is 18.0 Å². The van der Waals surface area contributed by atoms with Gasteiger partial charge in [-0.05, 0) is 6.92 Å². The van der Waals surface area contributed by atoms with Gasteiger partial charge in [-0.3, -0.25) is 0 Å². The summed E-state index contributed by atoms with van der Waals surface area (Å²) in [6.07, 6.45) is -5.61. The van der Waals surface area contributed by atoms with Crippen molar-refractivity contribution in [2.24, 2.45) is 0 Å². The molecule has 1 amide bonds. The van der Waals surface area contributed by atoms with Crippen molar-refractivity contribution in [2.45, 2.75) is 19.6 Å². The number of halogens is 3. The van der Waals surface area contributed by atoms with Gasteiger partial charge in [0.15, 0.2) is 6.61 Å². The summed E-state index contributed by atoms with van der Waals surface area (Å²) < 4.78 is 38.9. The number of thiazole rings is 1. The number of aromatic nitrogens is 1. The summed E-state index contributed by atoms with van der Waals surface area (Å²) in [5, 5.41) is 4.70. The number of nitrogens with zero attached hydrogens (tertiary/aromatic N) is 1. The molecule has 90 valence electrons. The van der Waals surface area contributed by atoms with E-state index in [0.29, 0.717) is 5.69 Å². The van der Waals surface area contributed by atoms with Crippen LogP contribution in [-0.2, 0) is 11.3 Å². The van der Waals surface area contributed by atoms with E-state index in [1.165, 1.54) is 11.3 Å². The van der Waals surface area contributed by atoms with E-state index in [-0.39, 0.29) is 6.54 Å². The Morgan fingerprint density at radius 1 is 1.62 bits per heavy atom. The van der Waals surface area contributed by atoms with Gasteiger partial charge in [-0.25, -0.2) is 9.78 Å². The van der Waals surface area contributed by atoms with Crippen LogP contribution in [0.5, 0.6) is 0 Å². The van der Waals surface area contributed by atoms with Crippen molar-refractivity contribution in [3.05, 3.63) is 16.1 Å². The molecule has 16 heavy (non-hydrogen) atoms. The summed E-state index contributed by atoms with van der Waals surface area (Å²) in [6.45, 7) is 0.256. The summed E-state index contributed by atoms with van der Waals surface area (Å²) in [5.74, 6) is 0. The van der Waals surface area contributed by atoms with E-state index in [0.717, 1.165) is 5.01 Å². The molecule has 0 saturated carbocycles. The van der Waals surface area contributed by atoms with E-state index in [1.807, 2.05) is 0 Å². The molecule has 0 saturated heterocycles. The quantitative estimate of drug-likeness (QED) is 0.900. The molecule has 0 aliphatic rings. The fraction of sp³-hybridized carbons (Fsp3) is 0.500. The molecule has 4 nitrogen and oxygen atoms in total. The molecule has 0 radical (unpaired) electrons. The molecule has 0 aliphatic carbocycles. The first-order valence-corrected chi connectivity index (χ1v) is 5.13. The van der Waals surface area contributed by atoms with Crippen LogP contribution >= 0.6 is 11.3 Å². The van der Waals surface area contributed by atoms with Gasteiger partial charge in [0.05, 0.1) is 17.2 Å². The number of alkyl halides is 3. The molecular weight excluding hydrogens is 245 g/mol. The van der Waals surface area contributed by atoms with Crippen LogP contribution in [0, 0.1) is 6.92 Å². The number of carbonyl (C=O) groups is 1. The summed E-state index contributed by atoms with van der Waals surface area (Å²) >= 11 is 1.39. The predicted molar refractivity (Wildman–Crippen MR) is 51.1 cm³/mol. The Kier molecular flexibility index (Phi) is 4.11. The Bertz CT molecular complexity index is 364. The normalized spacial score (nSPS) is 11.2. The van der Waals surface area contributed by atoms with Gasteiger partial charge in [0.2, 0.25) is 0 Å². The molecule has 0 aromatic carbocycles. The molecule has 0 aliphatic heterocycles. The van der Waals surface area contributed by atoms with Gasteiger partial charge in [0.1, 0.15) is 0 Å². The van der Waals surface area contributed by atoms with Crippen LogP contribution in [-0.4, -0.2) is 23.9 Å². The van der Waals surface area contributed by atoms with E-state index >= 15 is 0 Å². The summed E-state index contributed by atoms with van der Waals surface area (Å²) in [5.41, 5.74) is 0.589. The maximum Gasteiger partial charge on any atom is 0.422 e. The average Bonchev–Trinajstić information content (AvgIpc) is 2.57. The van der Waals surface area contributed by atoms with Crippen LogP contribution in [0.2, 0.25) is 0 Å². The van der Waals surface area contributed by atoms with Crippen LogP contribution in [0.25, 0.3) is 0 Å². The van der Waals surface area contributed by atoms with E-state index in [1.54, 1.807) is 12.3 Å². The Balaban J connectivity index is 2.25. The van der Waals surface area contributed by atoms with E-state index in [2.05, 4.69) is 15.0 Å². The van der Waals surface area contributed by atoms with Crippen LogP contribution in [0.4, 0.5) is 18.0 Å². The first-order valence-electron chi connectivity index (χ1n) is 4.25. The molecule has 0 atom stereocenters. The molecule has 0 unspecified atom stereocenters. The fourth-order valence-electron chi connectivity index (χ4n) is 0.851. The minimum atomic E-state index is -4.51. The topological polar surface area (TPSA) is 51.2 Å². The zero-order valence-electron chi connectivity index (χ0n) is 8.30. The van der Waals surface area contributed by atoms with Crippen LogP contribution < -0.4 is 5.32 Å². The number of rotatable bonds is 3. The Labute approximate surface area is 93.4 Å². The number of ether oxygens (including phenoxy) is 1. The highest BCUT2D eigenvalue weighted by Crippen LogP contribution is 2.14. The van der Waals surface area contributed by atoms with Crippen molar-refractivity contribution >= 4 is 17.4 Å². The second-order valence-electron chi connectivity index (χ2n) is 2.90. The lowest BCUT2D eigenvalue weighted by atomic mass is 10.5. The molecule has 0 fully saturated rings. The second kappa shape index (κ2) is 5.15. The molecule has 1 N–H and O–H groups in total. The molecule has 8 heteroatoms. The first kappa shape index (κ1) is 12.8. The van der Waals surface area contributed by atoms with Gasteiger partial charge in [-0.2, -0.15) is 13.2 Å². The summed E-state index contributed by atoms with van der Waals surface area (Å²) in [7, 11) is 0. The van der Waals surface area contributed by atoms with Crippen molar-refractivity contribution < 1.29 is 22.7 Å². The van der Waals surface area contributed by atoms with Crippen LogP contribution in [0.3, 0.4) is 0 Å². The zero-order valence-corrected chi connectivity index (χ0v) is 9.11. The second-order valence-corrected chi connectivity index (χ2v) is 3.96. The number of carbonyl (C=O) groups excluding carboxylic acids is 1. The van der Waals surface area contributed by atoms with Crippen molar-refractivity contribution in [1.82, 2.24) is 10.3 Å². The number of hydrogen-bond acceptors (Lipinski definition) is 4.